The summed E-state index contributed by atoms with van der Waals surface area (Å²) in [4.78, 5) is 41.8. The summed E-state index contributed by atoms with van der Waals surface area (Å²) in [6.07, 6.45) is 6.30. The summed E-state index contributed by atoms with van der Waals surface area (Å²) < 4.78 is 0. The van der Waals surface area contributed by atoms with E-state index in [4.69, 9.17) is 0 Å². The molecule has 5 rings (SSSR count). The predicted molar refractivity (Wildman–Crippen MR) is 96.7 cm³/mol. The number of amides is 3. The number of nitrogens with zero attached hydrogens (tertiary/aromatic N) is 2. The molecule has 136 valence electrons. The van der Waals surface area contributed by atoms with Crippen molar-refractivity contribution in [3.63, 3.8) is 0 Å². The van der Waals surface area contributed by atoms with Crippen molar-refractivity contribution in [3.05, 3.63) is 48.0 Å². The van der Waals surface area contributed by atoms with Crippen LogP contribution in [0.2, 0.25) is 0 Å². The zero-order valence-corrected chi connectivity index (χ0v) is 15.2. The first kappa shape index (κ1) is 17.0. The van der Waals surface area contributed by atoms with E-state index in [1.54, 1.807) is 14.1 Å². The van der Waals surface area contributed by atoms with Crippen LogP contribution in [-0.4, -0.2) is 41.6 Å². The third kappa shape index (κ3) is 2.57. The molecule has 0 radical (unpaired) electrons. The number of rotatable bonds is 4. The number of likely N-dealkylation sites (tertiary alicyclic amines) is 1. The summed E-state index contributed by atoms with van der Waals surface area (Å²) in [5, 5.41) is 0. The summed E-state index contributed by atoms with van der Waals surface area (Å²) in [7, 11) is 3.39. The van der Waals surface area contributed by atoms with Gasteiger partial charge in [-0.05, 0) is 30.2 Å². The zero-order chi connectivity index (χ0) is 18.4. The fraction of sp³-hybridized carbons (Fsp3) is 0.476. The molecular formula is C21H24N2O3. The number of benzene rings is 1. The van der Waals surface area contributed by atoms with E-state index >= 15 is 0 Å². The van der Waals surface area contributed by atoms with Crippen molar-refractivity contribution in [3.8, 4) is 0 Å². The Labute approximate surface area is 153 Å². The van der Waals surface area contributed by atoms with E-state index in [0.717, 1.165) is 18.4 Å². The van der Waals surface area contributed by atoms with Gasteiger partial charge >= 0.3 is 0 Å². The zero-order valence-electron chi connectivity index (χ0n) is 15.2. The highest BCUT2D eigenvalue weighted by atomic mass is 16.2. The lowest BCUT2D eigenvalue weighted by Crippen LogP contribution is -2.38. The molecule has 5 heteroatoms. The summed E-state index contributed by atoms with van der Waals surface area (Å²) in [6.45, 7) is 0. The van der Waals surface area contributed by atoms with Crippen molar-refractivity contribution in [2.45, 2.75) is 25.3 Å². The Morgan fingerprint density at radius 2 is 1.58 bits per heavy atom. The second kappa shape index (κ2) is 6.38. The van der Waals surface area contributed by atoms with Gasteiger partial charge in [0.05, 0.1) is 24.3 Å². The molecule has 2 fully saturated rings. The molecule has 1 aliphatic heterocycles. The van der Waals surface area contributed by atoms with Crippen LogP contribution in [0.4, 0.5) is 0 Å². The van der Waals surface area contributed by atoms with Gasteiger partial charge in [-0.1, -0.05) is 42.5 Å². The SMILES string of the molecule is CN(C)C(=O)C[C@H](c1ccccc1)N1C(=O)[C@H]2[C@H](C1=O)[C@H]1C=C[C@H]2CC1. The predicted octanol–water partition coefficient (Wildman–Crippen LogP) is 2.40. The Hall–Kier alpha value is -2.43. The third-order valence-corrected chi connectivity index (χ3v) is 6.16. The van der Waals surface area contributed by atoms with Crippen molar-refractivity contribution >= 4 is 17.7 Å². The van der Waals surface area contributed by atoms with E-state index in [1.807, 2.05) is 30.3 Å². The number of fused-ring (bicyclic) bond motifs is 1. The summed E-state index contributed by atoms with van der Waals surface area (Å²) in [6, 6.07) is 8.91. The molecule has 0 N–H and O–H groups in total. The Morgan fingerprint density at radius 1 is 1.04 bits per heavy atom. The fourth-order valence-electron chi connectivity index (χ4n) is 4.79. The fourth-order valence-corrected chi connectivity index (χ4v) is 4.79. The molecule has 4 aliphatic rings. The Kier molecular flexibility index (Phi) is 4.17. The van der Waals surface area contributed by atoms with E-state index in [0.29, 0.717) is 0 Å². The third-order valence-electron chi connectivity index (χ3n) is 6.16. The van der Waals surface area contributed by atoms with E-state index in [-0.39, 0.29) is 47.8 Å². The molecule has 3 amide bonds. The molecule has 0 unspecified atom stereocenters. The minimum Gasteiger partial charge on any atom is -0.349 e. The highest BCUT2D eigenvalue weighted by molar-refractivity contribution is 6.06. The van der Waals surface area contributed by atoms with Crippen LogP contribution in [-0.2, 0) is 14.4 Å². The highest BCUT2D eigenvalue weighted by Crippen LogP contribution is 2.51. The highest BCUT2D eigenvalue weighted by Gasteiger charge is 2.58. The minimum absolute atomic E-state index is 0.0876. The molecule has 26 heavy (non-hydrogen) atoms. The minimum atomic E-state index is -0.531. The monoisotopic (exact) mass is 352 g/mol. The topological polar surface area (TPSA) is 57.7 Å². The number of hydrogen-bond acceptors (Lipinski definition) is 3. The number of hydrogen-bond donors (Lipinski definition) is 0. The molecule has 1 aromatic carbocycles. The average molecular weight is 352 g/mol. The van der Waals surface area contributed by atoms with Crippen molar-refractivity contribution in [2.24, 2.45) is 23.7 Å². The smallest absolute Gasteiger partial charge is 0.234 e. The first-order valence-electron chi connectivity index (χ1n) is 9.29. The molecule has 1 saturated heterocycles. The maximum Gasteiger partial charge on any atom is 0.234 e. The first-order chi connectivity index (χ1) is 12.5. The van der Waals surface area contributed by atoms with E-state index in [1.165, 1.54) is 9.80 Å². The van der Waals surface area contributed by atoms with Crippen LogP contribution in [0.3, 0.4) is 0 Å². The molecule has 1 aromatic rings. The second-order valence-corrected chi connectivity index (χ2v) is 7.81. The van der Waals surface area contributed by atoms with Gasteiger partial charge in [0.2, 0.25) is 17.7 Å². The van der Waals surface area contributed by atoms with Gasteiger partial charge in [0.25, 0.3) is 0 Å². The number of imide groups is 1. The lowest BCUT2D eigenvalue weighted by Gasteiger charge is -2.38. The van der Waals surface area contributed by atoms with Crippen molar-refractivity contribution in [1.82, 2.24) is 9.80 Å². The molecule has 0 spiro atoms. The van der Waals surface area contributed by atoms with Gasteiger partial charge in [-0.2, -0.15) is 0 Å². The Bertz CT molecular complexity index is 739. The van der Waals surface area contributed by atoms with Gasteiger partial charge in [-0.25, -0.2) is 0 Å². The standard InChI is InChI=1S/C21H24N2O3/c1-22(2)17(24)12-16(13-6-4-3-5-7-13)23-20(25)18-14-8-9-15(11-10-14)19(18)21(23)26/h3-9,14-16,18-19H,10-12H2,1-2H3/t14-,15-,16+,18+,19+/m0/s1. The molecule has 1 heterocycles. The molecule has 1 saturated carbocycles. The van der Waals surface area contributed by atoms with Crippen LogP contribution in [0.1, 0.15) is 30.9 Å². The maximum atomic E-state index is 13.3. The summed E-state index contributed by atoms with van der Waals surface area (Å²) in [5.41, 5.74) is 0.836. The Balaban J connectivity index is 1.71. The second-order valence-electron chi connectivity index (χ2n) is 7.81. The van der Waals surface area contributed by atoms with Crippen LogP contribution in [0.15, 0.2) is 42.5 Å². The molecule has 3 aliphatic carbocycles. The average Bonchev–Trinajstić information content (AvgIpc) is 2.94. The Morgan fingerprint density at radius 3 is 2.04 bits per heavy atom. The maximum absolute atomic E-state index is 13.3. The molecular weight excluding hydrogens is 328 g/mol. The van der Waals surface area contributed by atoms with Crippen LogP contribution >= 0.6 is 0 Å². The molecule has 0 aromatic heterocycles. The van der Waals surface area contributed by atoms with Crippen LogP contribution in [0.25, 0.3) is 0 Å². The van der Waals surface area contributed by atoms with Gasteiger partial charge in [0, 0.05) is 14.1 Å². The van der Waals surface area contributed by atoms with Gasteiger partial charge in [0.1, 0.15) is 0 Å². The normalized spacial score (nSPS) is 30.5. The summed E-state index contributed by atoms with van der Waals surface area (Å²) >= 11 is 0. The molecule has 5 nitrogen and oxygen atoms in total. The number of allylic oxidation sites excluding steroid dienone is 2. The largest absolute Gasteiger partial charge is 0.349 e. The van der Waals surface area contributed by atoms with E-state index < -0.39 is 6.04 Å². The van der Waals surface area contributed by atoms with Crippen molar-refractivity contribution in [2.75, 3.05) is 14.1 Å². The van der Waals surface area contributed by atoms with E-state index in [9.17, 15) is 14.4 Å². The van der Waals surface area contributed by atoms with Gasteiger partial charge in [-0.15, -0.1) is 0 Å². The lowest BCUT2D eigenvalue weighted by molar-refractivity contribution is -0.144. The molecule has 5 atom stereocenters. The van der Waals surface area contributed by atoms with Gasteiger partial charge < -0.3 is 4.90 Å². The van der Waals surface area contributed by atoms with E-state index in [2.05, 4.69) is 12.2 Å². The summed E-state index contributed by atoms with van der Waals surface area (Å²) in [5.74, 6) is -0.451. The van der Waals surface area contributed by atoms with Crippen molar-refractivity contribution < 1.29 is 14.4 Å². The van der Waals surface area contributed by atoms with Gasteiger partial charge in [-0.3, -0.25) is 19.3 Å². The lowest BCUT2D eigenvalue weighted by atomic mass is 9.63. The van der Waals surface area contributed by atoms with Crippen LogP contribution in [0, 0.1) is 23.7 Å². The molecule has 2 bridgehead atoms. The van der Waals surface area contributed by atoms with Gasteiger partial charge in [0.15, 0.2) is 0 Å². The van der Waals surface area contributed by atoms with Crippen LogP contribution < -0.4 is 0 Å². The first-order valence-corrected chi connectivity index (χ1v) is 9.29. The quantitative estimate of drug-likeness (QED) is 0.618. The number of carbonyl (C=O) groups is 3. The van der Waals surface area contributed by atoms with Crippen LogP contribution in [0.5, 0.6) is 0 Å². The van der Waals surface area contributed by atoms with Crippen molar-refractivity contribution in [1.29, 1.82) is 0 Å². The number of carbonyl (C=O) groups excluding carboxylic acids is 3.